The SMILES string of the molecule is CCNC(=NCc1cccc(N2CC=CC2)c1)NCC(C)N1CCOCC1.I. The first-order valence-corrected chi connectivity index (χ1v) is 10.1. The number of anilines is 1. The van der Waals surface area contributed by atoms with Crippen molar-refractivity contribution in [3.8, 4) is 0 Å². The van der Waals surface area contributed by atoms with Crippen LogP contribution in [0.25, 0.3) is 0 Å². The third-order valence-electron chi connectivity index (χ3n) is 5.09. The van der Waals surface area contributed by atoms with Crippen molar-refractivity contribution in [3.05, 3.63) is 42.0 Å². The largest absolute Gasteiger partial charge is 0.379 e. The first kappa shape index (κ1) is 23.0. The van der Waals surface area contributed by atoms with E-state index < -0.39 is 0 Å². The van der Waals surface area contributed by atoms with Crippen LogP contribution in [0.5, 0.6) is 0 Å². The van der Waals surface area contributed by atoms with E-state index in [9.17, 15) is 0 Å². The van der Waals surface area contributed by atoms with E-state index in [4.69, 9.17) is 9.73 Å². The summed E-state index contributed by atoms with van der Waals surface area (Å²) in [5, 5.41) is 6.85. The Morgan fingerprint density at radius 3 is 2.64 bits per heavy atom. The van der Waals surface area contributed by atoms with E-state index in [-0.39, 0.29) is 24.0 Å². The van der Waals surface area contributed by atoms with Gasteiger partial charge in [0.15, 0.2) is 5.96 Å². The first-order valence-electron chi connectivity index (χ1n) is 10.1. The third-order valence-corrected chi connectivity index (χ3v) is 5.09. The third kappa shape index (κ3) is 6.93. The molecule has 1 aromatic carbocycles. The van der Waals surface area contributed by atoms with E-state index in [0.29, 0.717) is 12.6 Å². The summed E-state index contributed by atoms with van der Waals surface area (Å²) in [5.41, 5.74) is 2.50. The minimum atomic E-state index is 0. The molecule has 28 heavy (non-hydrogen) atoms. The fourth-order valence-electron chi connectivity index (χ4n) is 3.44. The van der Waals surface area contributed by atoms with Gasteiger partial charge in [-0.3, -0.25) is 4.90 Å². The lowest BCUT2D eigenvalue weighted by molar-refractivity contribution is 0.0211. The standard InChI is InChI=1S/C21H33N5O.HI/c1-3-22-21(23-16-18(2)25-11-13-27-14-12-25)24-17-19-7-6-8-20(15-19)26-9-4-5-10-26;/h4-8,15,18H,3,9-14,16-17H2,1-2H3,(H2,22,23,24);1H. The van der Waals surface area contributed by atoms with Gasteiger partial charge in [-0.1, -0.05) is 24.3 Å². The number of rotatable bonds is 7. The zero-order valence-electron chi connectivity index (χ0n) is 17.1. The van der Waals surface area contributed by atoms with Crippen molar-refractivity contribution in [2.24, 2.45) is 4.99 Å². The van der Waals surface area contributed by atoms with Crippen molar-refractivity contribution in [1.82, 2.24) is 15.5 Å². The van der Waals surface area contributed by atoms with Crippen LogP contribution in [0.1, 0.15) is 19.4 Å². The molecule has 0 amide bonds. The Hall–Kier alpha value is -1.32. The Bertz CT molecular complexity index is 637. The molecule has 2 N–H and O–H groups in total. The number of hydrogen-bond donors (Lipinski definition) is 2. The van der Waals surface area contributed by atoms with Gasteiger partial charge in [0.25, 0.3) is 0 Å². The fraction of sp³-hybridized carbons (Fsp3) is 0.571. The molecule has 6 nitrogen and oxygen atoms in total. The maximum atomic E-state index is 5.44. The Kier molecular flexibility index (Phi) is 10.1. The van der Waals surface area contributed by atoms with Gasteiger partial charge in [0.2, 0.25) is 0 Å². The van der Waals surface area contributed by atoms with Crippen LogP contribution in [0, 0.1) is 0 Å². The summed E-state index contributed by atoms with van der Waals surface area (Å²) in [6.07, 6.45) is 4.43. The minimum Gasteiger partial charge on any atom is -0.379 e. The van der Waals surface area contributed by atoms with Crippen LogP contribution in [0.15, 0.2) is 41.4 Å². The summed E-state index contributed by atoms with van der Waals surface area (Å²) in [4.78, 5) is 9.61. The van der Waals surface area contributed by atoms with Gasteiger partial charge < -0.3 is 20.3 Å². The van der Waals surface area contributed by atoms with Gasteiger partial charge in [0.05, 0.1) is 19.8 Å². The van der Waals surface area contributed by atoms with Crippen LogP contribution in [0.4, 0.5) is 5.69 Å². The van der Waals surface area contributed by atoms with Crippen LogP contribution in [-0.2, 0) is 11.3 Å². The minimum absolute atomic E-state index is 0. The molecule has 0 bridgehead atoms. The molecule has 0 radical (unpaired) electrons. The summed E-state index contributed by atoms with van der Waals surface area (Å²) in [5.74, 6) is 0.880. The summed E-state index contributed by atoms with van der Waals surface area (Å²) in [6, 6.07) is 9.16. The van der Waals surface area contributed by atoms with Gasteiger partial charge >= 0.3 is 0 Å². The Morgan fingerprint density at radius 2 is 1.93 bits per heavy atom. The normalized spacial score (nSPS) is 18.6. The van der Waals surface area contributed by atoms with Crippen LogP contribution in [0.2, 0.25) is 0 Å². The Morgan fingerprint density at radius 1 is 1.18 bits per heavy atom. The van der Waals surface area contributed by atoms with E-state index in [2.05, 4.69) is 70.7 Å². The lowest BCUT2D eigenvalue weighted by Crippen LogP contribution is -2.49. The van der Waals surface area contributed by atoms with Crippen molar-refractivity contribution in [2.75, 3.05) is 57.4 Å². The van der Waals surface area contributed by atoms with E-state index in [1.807, 2.05) is 0 Å². The average Bonchev–Trinajstić information content (AvgIpc) is 3.26. The maximum Gasteiger partial charge on any atom is 0.191 e. The second-order valence-corrected chi connectivity index (χ2v) is 7.12. The molecule has 1 fully saturated rings. The molecule has 2 aliphatic rings. The number of ether oxygens (including phenoxy) is 1. The van der Waals surface area contributed by atoms with Crippen LogP contribution in [-0.4, -0.2) is 69.4 Å². The Balaban J connectivity index is 0.00000280. The molecule has 0 saturated carbocycles. The van der Waals surface area contributed by atoms with E-state index >= 15 is 0 Å². The summed E-state index contributed by atoms with van der Waals surface area (Å²) < 4.78 is 5.44. The summed E-state index contributed by atoms with van der Waals surface area (Å²) in [7, 11) is 0. The zero-order chi connectivity index (χ0) is 18.9. The lowest BCUT2D eigenvalue weighted by Gasteiger charge is -2.32. The number of benzene rings is 1. The topological polar surface area (TPSA) is 52.1 Å². The molecule has 3 rings (SSSR count). The highest BCUT2D eigenvalue weighted by Gasteiger charge is 2.17. The van der Waals surface area contributed by atoms with Gasteiger partial charge in [0, 0.05) is 51.0 Å². The predicted octanol–water partition coefficient (Wildman–Crippen LogP) is 2.46. The average molecular weight is 499 g/mol. The Labute approximate surface area is 186 Å². The number of halogens is 1. The molecule has 1 aromatic rings. The predicted molar refractivity (Wildman–Crippen MR) is 128 cm³/mol. The van der Waals surface area contributed by atoms with E-state index in [1.165, 1.54) is 11.3 Å². The van der Waals surface area contributed by atoms with Gasteiger partial charge in [0.1, 0.15) is 0 Å². The highest BCUT2D eigenvalue weighted by atomic mass is 127. The smallest absolute Gasteiger partial charge is 0.191 e. The lowest BCUT2D eigenvalue weighted by atomic mass is 10.2. The summed E-state index contributed by atoms with van der Waals surface area (Å²) in [6.45, 7) is 12.5. The first-order chi connectivity index (χ1) is 13.3. The molecule has 1 atom stereocenters. The van der Waals surface area contributed by atoms with Crippen molar-refractivity contribution >= 4 is 35.6 Å². The van der Waals surface area contributed by atoms with Gasteiger partial charge in [-0.2, -0.15) is 0 Å². The number of hydrogen-bond acceptors (Lipinski definition) is 4. The van der Waals surface area contributed by atoms with Crippen molar-refractivity contribution in [1.29, 1.82) is 0 Å². The highest BCUT2D eigenvalue weighted by Crippen LogP contribution is 2.18. The molecule has 0 spiro atoms. The second kappa shape index (κ2) is 12.3. The molecule has 2 aliphatic heterocycles. The number of nitrogens with one attached hydrogen (secondary N) is 2. The molecule has 0 aliphatic carbocycles. The van der Waals surface area contributed by atoms with Crippen LogP contribution < -0.4 is 15.5 Å². The molecule has 0 aromatic heterocycles. The molecule has 2 heterocycles. The fourth-order valence-corrected chi connectivity index (χ4v) is 3.44. The molecular weight excluding hydrogens is 465 g/mol. The van der Waals surface area contributed by atoms with Gasteiger partial charge in [-0.05, 0) is 31.5 Å². The number of aliphatic imine (C=N–C) groups is 1. The highest BCUT2D eigenvalue weighted by molar-refractivity contribution is 14.0. The van der Waals surface area contributed by atoms with Crippen molar-refractivity contribution < 1.29 is 4.74 Å². The van der Waals surface area contributed by atoms with Gasteiger partial charge in [-0.15, -0.1) is 24.0 Å². The van der Waals surface area contributed by atoms with Crippen molar-refractivity contribution in [3.63, 3.8) is 0 Å². The van der Waals surface area contributed by atoms with Crippen molar-refractivity contribution in [2.45, 2.75) is 26.4 Å². The van der Waals surface area contributed by atoms with Crippen LogP contribution >= 0.6 is 24.0 Å². The van der Waals surface area contributed by atoms with E-state index in [1.54, 1.807) is 0 Å². The molecule has 7 heteroatoms. The monoisotopic (exact) mass is 499 g/mol. The quantitative estimate of drug-likeness (QED) is 0.261. The number of nitrogens with zero attached hydrogens (tertiary/aromatic N) is 3. The maximum absolute atomic E-state index is 5.44. The molecule has 1 saturated heterocycles. The molecule has 1 unspecified atom stereocenters. The number of guanidine groups is 1. The number of morpholine rings is 1. The van der Waals surface area contributed by atoms with Crippen LogP contribution in [0.3, 0.4) is 0 Å². The van der Waals surface area contributed by atoms with Gasteiger partial charge in [-0.25, -0.2) is 4.99 Å². The zero-order valence-corrected chi connectivity index (χ0v) is 19.4. The summed E-state index contributed by atoms with van der Waals surface area (Å²) >= 11 is 0. The second-order valence-electron chi connectivity index (χ2n) is 7.12. The molecular formula is C21H34IN5O. The van der Waals surface area contributed by atoms with E-state index in [0.717, 1.165) is 58.4 Å². The molecule has 156 valence electrons.